The van der Waals surface area contributed by atoms with E-state index in [4.69, 9.17) is 4.74 Å². The van der Waals surface area contributed by atoms with Crippen LogP contribution < -0.4 is 5.32 Å². The first-order chi connectivity index (χ1) is 8.40. The van der Waals surface area contributed by atoms with Gasteiger partial charge >= 0.3 is 5.97 Å². The molecular formula is C14H30N2O2. The second-order valence-electron chi connectivity index (χ2n) is 5.28. The number of nitrogens with zero attached hydrogens (tertiary/aromatic N) is 1. The van der Waals surface area contributed by atoms with Crippen molar-refractivity contribution in [1.29, 1.82) is 0 Å². The molecule has 4 nitrogen and oxygen atoms in total. The van der Waals surface area contributed by atoms with Crippen molar-refractivity contribution in [2.75, 3.05) is 26.2 Å². The quantitative estimate of drug-likeness (QED) is 0.506. The summed E-state index contributed by atoms with van der Waals surface area (Å²) in [6, 6.07) is 1.10. The van der Waals surface area contributed by atoms with Gasteiger partial charge in [-0.2, -0.15) is 0 Å². The van der Waals surface area contributed by atoms with Crippen LogP contribution in [0.2, 0.25) is 0 Å². The maximum absolute atomic E-state index is 11.4. The van der Waals surface area contributed by atoms with Gasteiger partial charge in [0.15, 0.2) is 0 Å². The summed E-state index contributed by atoms with van der Waals surface area (Å²) in [5.74, 6) is -0.189. The van der Waals surface area contributed by atoms with E-state index in [-0.39, 0.29) is 11.9 Å². The van der Waals surface area contributed by atoms with E-state index in [2.05, 4.69) is 37.9 Å². The topological polar surface area (TPSA) is 41.6 Å². The van der Waals surface area contributed by atoms with E-state index in [0.29, 0.717) is 25.2 Å². The normalized spacial score (nSPS) is 13.4. The highest BCUT2D eigenvalue weighted by Gasteiger charge is 2.15. The molecule has 0 aliphatic carbocycles. The molecular weight excluding hydrogens is 228 g/mol. The third kappa shape index (κ3) is 6.97. The van der Waals surface area contributed by atoms with Crippen molar-refractivity contribution in [3.8, 4) is 0 Å². The van der Waals surface area contributed by atoms with Crippen molar-refractivity contribution in [2.45, 2.75) is 53.6 Å². The van der Waals surface area contributed by atoms with Gasteiger partial charge in [0.2, 0.25) is 0 Å². The molecule has 1 N–H and O–H groups in total. The van der Waals surface area contributed by atoms with Crippen LogP contribution in [0.3, 0.4) is 0 Å². The van der Waals surface area contributed by atoms with Crippen LogP contribution in [0, 0.1) is 5.92 Å². The van der Waals surface area contributed by atoms with Gasteiger partial charge in [-0.15, -0.1) is 0 Å². The lowest BCUT2D eigenvalue weighted by atomic mass is 10.2. The first kappa shape index (κ1) is 17.4. The van der Waals surface area contributed by atoms with E-state index in [0.717, 1.165) is 13.1 Å². The van der Waals surface area contributed by atoms with E-state index in [9.17, 15) is 4.79 Å². The Morgan fingerprint density at radius 2 is 1.72 bits per heavy atom. The average molecular weight is 258 g/mol. The molecule has 1 unspecified atom stereocenters. The Hall–Kier alpha value is -0.610. The van der Waals surface area contributed by atoms with E-state index >= 15 is 0 Å². The zero-order valence-electron chi connectivity index (χ0n) is 12.8. The fraction of sp³-hybridized carbons (Fsp3) is 0.929. The van der Waals surface area contributed by atoms with Gasteiger partial charge in [0.1, 0.15) is 0 Å². The fourth-order valence-corrected chi connectivity index (χ4v) is 2.01. The van der Waals surface area contributed by atoms with Crippen LogP contribution in [-0.4, -0.2) is 49.2 Å². The molecule has 0 bridgehead atoms. The Morgan fingerprint density at radius 3 is 2.17 bits per heavy atom. The average Bonchev–Trinajstić information content (AvgIpc) is 2.27. The number of hydrogen-bond donors (Lipinski definition) is 1. The second-order valence-corrected chi connectivity index (χ2v) is 5.28. The summed E-state index contributed by atoms with van der Waals surface area (Å²) in [7, 11) is 0. The lowest BCUT2D eigenvalue weighted by Gasteiger charge is -2.30. The van der Waals surface area contributed by atoms with Crippen LogP contribution in [0.1, 0.15) is 41.5 Å². The SMILES string of the molecule is CCOC(=O)C(C)CNCCN(C(C)C)C(C)C. The van der Waals surface area contributed by atoms with Gasteiger partial charge in [0.25, 0.3) is 0 Å². The minimum atomic E-state index is -0.116. The summed E-state index contributed by atoms with van der Waals surface area (Å²) in [5.41, 5.74) is 0. The number of nitrogens with one attached hydrogen (secondary N) is 1. The number of esters is 1. The van der Waals surface area contributed by atoms with Crippen molar-refractivity contribution in [2.24, 2.45) is 5.92 Å². The molecule has 0 aliphatic heterocycles. The molecule has 0 aromatic carbocycles. The molecule has 0 fully saturated rings. The number of ether oxygens (including phenoxy) is 1. The molecule has 0 saturated carbocycles. The van der Waals surface area contributed by atoms with E-state index < -0.39 is 0 Å². The highest BCUT2D eigenvalue weighted by atomic mass is 16.5. The molecule has 0 rings (SSSR count). The molecule has 108 valence electrons. The molecule has 0 amide bonds. The molecule has 0 spiro atoms. The van der Waals surface area contributed by atoms with Crippen molar-refractivity contribution in [3.63, 3.8) is 0 Å². The zero-order valence-corrected chi connectivity index (χ0v) is 12.8. The molecule has 1 atom stereocenters. The first-order valence-corrected chi connectivity index (χ1v) is 7.03. The summed E-state index contributed by atoms with van der Waals surface area (Å²) in [4.78, 5) is 13.8. The van der Waals surface area contributed by atoms with Crippen LogP contribution in [0.25, 0.3) is 0 Å². The van der Waals surface area contributed by atoms with Gasteiger partial charge in [-0.25, -0.2) is 0 Å². The Labute approximate surface area is 112 Å². The van der Waals surface area contributed by atoms with Crippen LogP contribution >= 0.6 is 0 Å². The Bertz CT molecular complexity index is 222. The van der Waals surface area contributed by atoms with Crippen LogP contribution in [0.5, 0.6) is 0 Å². The monoisotopic (exact) mass is 258 g/mol. The molecule has 0 saturated heterocycles. The fourth-order valence-electron chi connectivity index (χ4n) is 2.01. The minimum Gasteiger partial charge on any atom is -0.466 e. The lowest BCUT2D eigenvalue weighted by molar-refractivity contribution is -0.147. The number of carbonyl (C=O) groups excluding carboxylic acids is 1. The largest absolute Gasteiger partial charge is 0.466 e. The third-order valence-electron chi connectivity index (χ3n) is 3.01. The molecule has 0 aromatic heterocycles. The van der Waals surface area contributed by atoms with Crippen LogP contribution in [-0.2, 0) is 9.53 Å². The summed E-state index contributed by atoms with van der Waals surface area (Å²) >= 11 is 0. The predicted octanol–water partition coefficient (Wildman–Crippen LogP) is 1.89. The summed E-state index contributed by atoms with van der Waals surface area (Å²) < 4.78 is 4.97. The van der Waals surface area contributed by atoms with Gasteiger partial charge in [-0.1, -0.05) is 6.92 Å². The van der Waals surface area contributed by atoms with Crippen LogP contribution in [0.15, 0.2) is 0 Å². The first-order valence-electron chi connectivity index (χ1n) is 7.03. The standard InChI is InChI=1S/C14H30N2O2/c1-7-18-14(17)13(6)10-15-8-9-16(11(2)3)12(4)5/h11-13,15H,7-10H2,1-6H3. The molecule has 0 aromatic rings. The second kappa shape index (κ2) is 9.34. The van der Waals surface area contributed by atoms with Gasteiger partial charge in [-0.3, -0.25) is 9.69 Å². The number of hydrogen-bond acceptors (Lipinski definition) is 4. The maximum atomic E-state index is 11.4. The molecule has 0 heterocycles. The minimum absolute atomic E-state index is 0.0727. The molecule has 4 heteroatoms. The molecule has 0 aliphatic rings. The highest BCUT2D eigenvalue weighted by Crippen LogP contribution is 2.03. The highest BCUT2D eigenvalue weighted by molar-refractivity contribution is 5.72. The van der Waals surface area contributed by atoms with Crippen LogP contribution in [0.4, 0.5) is 0 Å². The molecule has 0 radical (unpaired) electrons. The summed E-state index contributed by atoms with van der Waals surface area (Å²) in [6.07, 6.45) is 0. The maximum Gasteiger partial charge on any atom is 0.309 e. The Morgan fingerprint density at radius 1 is 1.17 bits per heavy atom. The van der Waals surface area contributed by atoms with Crippen molar-refractivity contribution in [1.82, 2.24) is 10.2 Å². The van der Waals surface area contributed by atoms with Gasteiger partial charge in [0.05, 0.1) is 12.5 Å². The Balaban J connectivity index is 3.81. The van der Waals surface area contributed by atoms with E-state index in [1.165, 1.54) is 0 Å². The number of rotatable bonds is 9. The molecule has 18 heavy (non-hydrogen) atoms. The Kier molecular flexibility index (Phi) is 9.02. The zero-order chi connectivity index (χ0) is 14.1. The smallest absolute Gasteiger partial charge is 0.309 e. The van der Waals surface area contributed by atoms with Gasteiger partial charge in [-0.05, 0) is 34.6 Å². The van der Waals surface area contributed by atoms with Gasteiger partial charge in [0, 0.05) is 31.7 Å². The summed E-state index contributed by atoms with van der Waals surface area (Å²) in [5, 5.41) is 3.32. The summed E-state index contributed by atoms with van der Waals surface area (Å²) in [6.45, 7) is 15.6. The van der Waals surface area contributed by atoms with Crippen molar-refractivity contribution in [3.05, 3.63) is 0 Å². The lowest BCUT2D eigenvalue weighted by Crippen LogP contribution is -2.42. The number of carbonyl (C=O) groups is 1. The third-order valence-corrected chi connectivity index (χ3v) is 3.01. The van der Waals surface area contributed by atoms with E-state index in [1.807, 2.05) is 13.8 Å². The van der Waals surface area contributed by atoms with Crippen molar-refractivity contribution >= 4 is 5.97 Å². The van der Waals surface area contributed by atoms with Crippen molar-refractivity contribution < 1.29 is 9.53 Å². The van der Waals surface area contributed by atoms with Gasteiger partial charge < -0.3 is 10.1 Å². The predicted molar refractivity (Wildman–Crippen MR) is 75.6 cm³/mol. The van der Waals surface area contributed by atoms with E-state index in [1.54, 1.807) is 0 Å².